The van der Waals surface area contributed by atoms with E-state index in [1.54, 1.807) is 47.4 Å². The normalized spacial score (nSPS) is 19.7. The first-order valence-electron chi connectivity index (χ1n) is 9.86. The van der Waals surface area contributed by atoms with Crippen LogP contribution in [-0.2, 0) is 14.8 Å². The molecule has 4 rings (SSSR count). The number of hydrogen-bond donors (Lipinski definition) is 0. The molecule has 30 heavy (non-hydrogen) atoms. The van der Waals surface area contributed by atoms with Crippen molar-refractivity contribution in [1.82, 2.24) is 4.90 Å². The number of fused-ring (bicyclic) bond motifs is 1. The number of halogens is 1. The van der Waals surface area contributed by atoms with Crippen molar-refractivity contribution in [1.29, 1.82) is 0 Å². The predicted octanol–water partition coefficient (Wildman–Crippen LogP) is 2.09. The number of benzene rings is 2. The molecule has 2 aliphatic rings. The van der Waals surface area contributed by atoms with Crippen LogP contribution in [0.3, 0.4) is 0 Å². The fourth-order valence-electron chi connectivity index (χ4n) is 3.93. The molecule has 2 aromatic rings. The van der Waals surface area contributed by atoms with Crippen LogP contribution in [0, 0.1) is 5.82 Å². The Balaban J connectivity index is 1.47. The molecule has 1 amide bonds. The van der Waals surface area contributed by atoms with E-state index in [2.05, 4.69) is 0 Å². The Labute approximate surface area is 175 Å². The van der Waals surface area contributed by atoms with Gasteiger partial charge in [0.05, 0.1) is 17.6 Å². The number of piperazine rings is 1. The van der Waals surface area contributed by atoms with Crippen molar-refractivity contribution in [2.75, 3.05) is 48.2 Å². The van der Waals surface area contributed by atoms with E-state index < -0.39 is 16.1 Å². The molecule has 160 valence electrons. The largest absolute Gasteiger partial charge is 0.478 e. The minimum atomic E-state index is -3.49. The molecule has 0 spiro atoms. The Bertz CT molecular complexity index is 1040. The van der Waals surface area contributed by atoms with Crippen molar-refractivity contribution >= 4 is 27.3 Å². The van der Waals surface area contributed by atoms with Gasteiger partial charge in [-0.3, -0.25) is 9.10 Å². The van der Waals surface area contributed by atoms with Gasteiger partial charge in [0.25, 0.3) is 5.91 Å². The molecule has 1 unspecified atom stereocenters. The van der Waals surface area contributed by atoms with Crippen LogP contribution in [0.5, 0.6) is 5.75 Å². The van der Waals surface area contributed by atoms with Crippen LogP contribution < -0.4 is 13.9 Å². The number of para-hydroxylation sites is 3. The molecule has 7 nitrogen and oxygen atoms in total. The summed E-state index contributed by atoms with van der Waals surface area (Å²) >= 11 is 0. The fourth-order valence-corrected chi connectivity index (χ4v) is 4.87. The Morgan fingerprint density at radius 2 is 1.60 bits per heavy atom. The van der Waals surface area contributed by atoms with E-state index in [1.165, 1.54) is 10.4 Å². The van der Waals surface area contributed by atoms with Gasteiger partial charge in [-0.1, -0.05) is 24.3 Å². The Morgan fingerprint density at radius 1 is 0.967 bits per heavy atom. The molecule has 2 aliphatic heterocycles. The smallest absolute Gasteiger partial charge is 0.263 e. The van der Waals surface area contributed by atoms with Crippen LogP contribution in [0.15, 0.2) is 48.5 Å². The Kier molecular flexibility index (Phi) is 5.55. The summed E-state index contributed by atoms with van der Waals surface area (Å²) in [4.78, 5) is 16.8. The van der Waals surface area contributed by atoms with E-state index in [0.29, 0.717) is 43.3 Å². The van der Waals surface area contributed by atoms with E-state index in [1.807, 2.05) is 4.90 Å². The van der Waals surface area contributed by atoms with E-state index in [4.69, 9.17) is 4.74 Å². The fraction of sp³-hybridized carbons (Fsp3) is 0.381. The van der Waals surface area contributed by atoms with E-state index >= 15 is 0 Å². The molecule has 0 N–H and O–H groups in total. The number of rotatable bonds is 3. The molecule has 2 heterocycles. The van der Waals surface area contributed by atoms with Gasteiger partial charge < -0.3 is 14.5 Å². The topological polar surface area (TPSA) is 70.2 Å². The molecule has 2 aromatic carbocycles. The molecule has 9 heteroatoms. The molecule has 0 bridgehead atoms. The lowest BCUT2D eigenvalue weighted by atomic mass is 10.2. The minimum absolute atomic E-state index is 0.168. The van der Waals surface area contributed by atoms with Crippen molar-refractivity contribution in [3.05, 3.63) is 54.3 Å². The molecule has 0 saturated carbocycles. The van der Waals surface area contributed by atoms with Crippen LogP contribution in [0.2, 0.25) is 0 Å². The van der Waals surface area contributed by atoms with Gasteiger partial charge in [0.1, 0.15) is 11.6 Å². The SMILES string of the molecule is CS(=O)(=O)N1CCC(C(=O)N2CCN(c3ccccc3F)CC2)Oc2ccccc21. The number of anilines is 2. The van der Waals surface area contributed by atoms with E-state index in [9.17, 15) is 17.6 Å². The van der Waals surface area contributed by atoms with Crippen LogP contribution in [0.4, 0.5) is 15.8 Å². The zero-order chi connectivity index (χ0) is 21.3. The quantitative estimate of drug-likeness (QED) is 0.742. The van der Waals surface area contributed by atoms with Gasteiger partial charge in [-0.25, -0.2) is 12.8 Å². The highest BCUT2D eigenvalue weighted by Crippen LogP contribution is 2.34. The molecule has 1 fully saturated rings. The van der Waals surface area contributed by atoms with Gasteiger partial charge in [0, 0.05) is 39.1 Å². The maximum atomic E-state index is 14.0. The molecule has 0 radical (unpaired) electrons. The van der Waals surface area contributed by atoms with E-state index in [-0.39, 0.29) is 24.7 Å². The van der Waals surface area contributed by atoms with Crippen molar-refractivity contribution in [3.8, 4) is 5.75 Å². The van der Waals surface area contributed by atoms with Gasteiger partial charge in [0.15, 0.2) is 6.10 Å². The van der Waals surface area contributed by atoms with Gasteiger partial charge in [0.2, 0.25) is 10.0 Å². The molecular formula is C21H24FN3O4S. The number of ether oxygens (including phenoxy) is 1. The maximum Gasteiger partial charge on any atom is 0.263 e. The second-order valence-corrected chi connectivity index (χ2v) is 9.37. The van der Waals surface area contributed by atoms with Crippen molar-refractivity contribution in [3.63, 3.8) is 0 Å². The first-order valence-corrected chi connectivity index (χ1v) is 11.7. The average molecular weight is 434 g/mol. The molecule has 0 aliphatic carbocycles. The van der Waals surface area contributed by atoms with Crippen molar-refractivity contribution in [2.45, 2.75) is 12.5 Å². The zero-order valence-electron chi connectivity index (χ0n) is 16.7. The number of nitrogens with zero attached hydrogens (tertiary/aromatic N) is 3. The highest BCUT2D eigenvalue weighted by atomic mass is 32.2. The van der Waals surface area contributed by atoms with Crippen LogP contribution in [-0.4, -0.2) is 64.3 Å². The van der Waals surface area contributed by atoms with Crippen LogP contribution in [0.1, 0.15) is 6.42 Å². The highest BCUT2D eigenvalue weighted by Gasteiger charge is 2.34. The number of carbonyl (C=O) groups excluding carboxylic acids is 1. The van der Waals surface area contributed by atoms with Gasteiger partial charge in [-0.15, -0.1) is 0 Å². The monoisotopic (exact) mass is 433 g/mol. The number of amides is 1. The first-order chi connectivity index (χ1) is 14.3. The summed E-state index contributed by atoms with van der Waals surface area (Å²) in [5.74, 6) is -0.0704. The third kappa shape index (κ3) is 4.07. The lowest BCUT2D eigenvalue weighted by Gasteiger charge is -2.37. The standard InChI is InChI=1S/C21H24FN3O4S/c1-30(27,28)25-11-10-20(29-19-9-5-4-8-18(19)25)21(26)24-14-12-23(13-15-24)17-7-3-2-6-16(17)22/h2-9,20H,10-15H2,1H3. The molecular weight excluding hydrogens is 409 g/mol. The lowest BCUT2D eigenvalue weighted by Crippen LogP contribution is -2.52. The third-order valence-electron chi connectivity index (χ3n) is 5.46. The number of sulfonamides is 1. The summed E-state index contributed by atoms with van der Waals surface area (Å²) in [7, 11) is -3.49. The first kappa shape index (κ1) is 20.5. The summed E-state index contributed by atoms with van der Waals surface area (Å²) < 4.78 is 45.7. The highest BCUT2D eigenvalue weighted by molar-refractivity contribution is 7.92. The second kappa shape index (κ2) is 8.14. The lowest BCUT2D eigenvalue weighted by molar-refractivity contribution is -0.139. The Hall–Kier alpha value is -2.81. The maximum absolute atomic E-state index is 14.0. The molecule has 1 saturated heterocycles. The van der Waals surface area contributed by atoms with Crippen molar-refractivity contribution in [2.24, 2.45) is 0 Å². The summed E-state index contributed by atoms with van der Waals surface area (Å²) in [6.45, 7) is 2.10. The summed E-state index contributed by atoms with van der Waals surface area (Å²) in [6.07, 6.45) is 0.639. The van der Waals surface area contributed by atoms with Crippen LogP contribution >= 0.6 is 0 Å². The number of hydrogen-bond acceptors (Lipinski definition) is 5. The summed E-state index contributed by atoms with van der Waals surface area (Å²) in [5.41, 5.74) is 0.979. The summed E-state index contributed by atoms with van der Waals surface area (Å²) in [5, 5.41) is 0. The summed E-state index contributed by atoms with van der Waals surface area (Å²) in [6, 6.07) is 13.4. The van der Waals surface area contributed by atoms with Crippen molar-refractivity contribution < 1.29 is 22.3 Å². The van der Waals surface area contributed by atoms with Crippen LogP contribution in [0.25, 0.3) is 0 Å². The van der Waals surface area contributed by atoms with Gasteiger partial charge >= 0.3 is 0 Å². The van der Waals surface area contributed by atoms with E-state index in [0.717, 1.165) is 6.26 Å². The predicted molar refractivity (Wildman–Crippen MR) is 113 cm³/mol. The Morgan fingerprint density at radius 3 is 2.27 bits per heavy atom. The average Bonchev–Trinajstić information content (AvgIpc) is 2.93. The molecule has 0 aromatic heterocycles. The number of carbonyl (C=O) groups is 1. The zero-order valence-corrected chi connectivity index (χ0v) is 17.5. The third-order valence-corrected chi connectivity index (χ3v) is 6.64. The minimum Gasteiger partial charge on any atom is -0.478 e. The second-order valence-electron chi connectivity index (χ2n) is 7.46. The van der Waals surface area contributed by atoms with Gasteiger partial charge in [-0.2, -0.15) is 0 Å². The molecule has 1 atom stereocenters. The van der Waals surface area contributed by atoms with Gasteiger partial charge in [-0.05, 0) is 24.3 Å².